The van der Waals surface area contributed by atoms with Crippen LogP contribution < -0.4 is 0 Å². The van der Waals surface area contributed by atoms with Crippen molar-refractivity contribution in [3.63, 3.8) is 0 Å². The van der Waals surface area contributed by atoms with Crippen molar-refractivity contribution in [2.24, 2.45) is 11.8 Å². The Bertz CT molecular complexity index is 366. The van der Waals surface area contributed by atoms with Gasteiger partial charge in [-0.15, -0.1) is 0 Å². The topological polar surface area (TPSA) is 29.5 Å². The van der Waals surface area contributed by atoms with Crippen LogP contribution in [0.25, 0.3) is 0 Å². The van der Waals surface area contributed by atoms with E-state index in [0.29, 0.717) is 25.0 Å². The lowest BCUT2D eigenvalue weighted by molar-refractivity contribution is -0.144. The van der Waals surface area contributed by atoms with Crippen LogP contribution in [0.4, 0.5) is 0 Å². The summed E-state index contributed by atoms with van der Waals surface area (Å²) in [6, 6.07) is 0. The Morgan fingerprint density at radius 3 is 1.89 bits per heavy atom. The van der Waals surface area contributed by atoms with Gasteiger partial charge in [0.15, 0.2) is 0 Å². The standard InChI is InChI=1S/C16H21NO2/c1-2-19-16(18)13-17(11-14-7-3-4-8-14)12-15-9-5-6-10-15/h3-10,14-15H,2,11-13H2,1H3. The quantitative estimate of drug-likeness (QED) is 0.657. The van der Waals surface area contributed by atoms with Crippen LogP contribution in [0.15, 0.2) is 48.6 Å². The van der Waals surface area contributed by atoms with Crippen molar-refractivity contribution < 1.29 is 9.53 Å². The van der Waals surface area contributed by atoms with Gasteiger partial charge in [0.25, 0.3) is 0 Å². The lowest BCUT2D eigenvalue weighted by Crippen LogP contribution is -2.37. The number of hydrogen-bond acceptors (Lipinski definition) is 3. The summed E-state index contributed by atoms with van der Waals surface area (Å²) in [6.45, 7) is 4.38. The number of ether oxygens (including phenoxy) is 1. The second kappa shape index (κ2) is 7.10. The molecule has 0 atom stereocenters. The molecular formula is C16H21NO2. The van der Waals surface area contributed by atoms with Gasteiger partial charge in [-0.2, -0.15) is 0 Å². The molecule has 0 aliphatic heterocycles. The predicted molar refractivity (Wildman–Crippen MR) is 76.6 cm³/mol. The van der Waals surface area contributed by atoms with Gasteiger partial charge >= 0.3 is 5.97 Å². The van der Waals surface area contributed by atoms with Gasteiger partial charge in [0.1, 0.15) is 0 Å². The van der Waals surface area contributed by atoms with Gasteiger partial charge in [0.2, 0.25) is 0 Å². The number of carbonyl (C=O) groups excluding carboxylic acids is 1. The van der Waals surface area contributed by atoms with Crippen molar-refractivity contribution in [3.8, 4) is 0 Å². The maximum absolute atomic E-state index is 11.7. The lowest BCUT2D eigenvalue weighted by atomic mass is 10.1. The van der Waals surface area contributed by atoms with Crippen molar-refractivity contribution in [2.45, 2.75) is 6.92 Å². The number of hydrogen-bond donors (Lipinski definition) is 0. The van der Waals surface area contributed by atoms with E-state index in [9.17, 15) is 4.79 Å². The molecule has 3 heteroatoms. The summed E-state index contributed by atoms with van der Waals surface area (Å²) in [5.74, 6) is 0.673. The van der Waals surface area contributed by atoms with Gasteiger partial charge < -0.3 is 4.74 Å². The Balaban J connectivity index is 1.89. The monoisotopic (exact) mass is 259 g/mol. The SMILES string of the molecule is CCOC(=O)CN(CC1C=CC=C1)CC1C=CC=C1. The lowest BCUT2D eigenvalue weighted by Gasteiger charge is -2.25. The van der Waals surface area contributed by atoms with Crippen molar-refractivity contribution in [1.29, 1.82) is 0 Å². The summed E-state index contributed by atoms with van der Waals surface area (Å²) in [6.07, 6.45) is 16.9. The Labute approximate surface area is 114 Å². The van der Waals surface area contributed by atoms with E-state index in [1.807, 2.05) is 6.92 Å². The second-order valence-electron chi connectivity index (χ2n) is 4.87. The van der Waals surface area contributed by atoms with Gasteiger partial charge in [-0.25, -0.2) is 0 Å². The van der Waals surface area contributed by atoms with Crippen LogP contribution in [0.1, 0.15) is 6.92 Å². The van der Waals surface area contributed by atoms with Crippen LogP contribution in [0, 0.1) is 11.8 Å². The van der Waals surface area contributed by atoms with Crippen molar-refractivity contribution in [2.75, 3.05) is 26.2 Å². The zero-order valence-corrected chi connectivity index (χ0v) is 11.4. The van der Waals surface area contributed by atoms with E-state index in [-0.39, 0.29) is 5.97 Å². The molecule has 2 aliphatic carbocycles. The van der Waals surface area contributed by atoms with Crippen LogP contribution in [-0.2, 0) is 9.53 Å². The summed E-state index contributed by atoms with van der Waals surface area (Å²) in [4.78, 5) is 13.8. The highest BCUT2D eigenvalue weighted by atomic mass is 16.5. The number of nitrogens with zero attached hydrogens (tertiary/aromatic N) is 1. The molecule has 102 valence electrons. The minimum atomic E-state index is -0.139. The first-order valence-electron chi connectivity index (χ1n) is 6.86. The van der Waals surface area contributed by atoms with E-state index in [1.54, 1.807) is 0 Å². The molecule has 0 saturated carbocycles. The molecule has 0 bridgehead atoms. The summed E-state index contributed by atoms with van der Waals surface area (Å²) in [5, 5.41) is 0. The van der Waals surface area contributed by atoms with Gasteiger partial charge in [0.05, 0.1) is 13.2 Å². The molecule has 0 aromatic carbocycles. The van der Waals surface area contributed by atoms with Crippen LogP contribution in [0.2, 0.25) is 0 Å². The molecule has 0 saturated heterocycles. The number of esters is 1. The number of rotatable bonds is 7. The Morgan fingerprint density at radius 1 is 1.00 bits per heavy atom. The molecule has 19 heavy (non-hydrogen) atoms. The molecule has 0 aromatic heterocycles. The number of allylic oxidation sites excluding steroid dienone is 4. The minimum absolute atomic E-state index is 0.139. The smallest absolute Gasteiger partial charge is 0.320 e. The summed E-state index contributed by atoms with van der Waals surface area (Å²) in [7, 11) is 0. The van der Waals surface area contributed by atoms with E-state index in [1.165, 1.54) is 0 Å². The molecule has 0 aromatic rings. The van der Waals surface area contributed by atoms with Crippen molar-refractivity contribution in [3.05, 3.63) is 48.6 Å². The van der Waals surface area contributed by atoms with E-state index in [0.717, 1.165) is 13.1 Å². The van der Waals surface area contributed by atoms with Crippen molar-refractivity contribution >= 4 is 5.97 Å². The maximum Gasteiger partial charge on any atom is 0.320 e. The highest BCUT2D eigenvalue weighted by Gasteiger charge is 2.18. The fourth-order valence-electron chi connectivity index (χ4n) is 2.39. The summed E-state index contributed by atoms with van der Waals surface area (Å²) in [5.41, 5.74) is 0. The van der Waals surface area contributed by atoms with Crippen molar-refractivity contribution in [1.82, 2.24) is 4.90 Å². The average molecular weight is 259 g/mol. The van der Waals surface area contributed by atoms with Crippen LogP contribution in [0.3, 0.4) is 0 Å². The largest absolute Gasteiger partial charge is 0.465 e. The molecule has 0 fully saturated rings. The Kier molecular flexibility index (Phi) is 5.16. The van der Waals surface area contributed by atoms with Crippen LogP contribution in [-0.4, -0.2) is 37.1 Å². The molecule has 0 spiro atoms. The first-order valence-corrected chi connectivity index (χ1v) is 6.86. The highest BCUT2D eigenvalue weighted by Crippen LogP contribution is 2.15. The Morgan fingerprint density at radius 2 is 1.47 bits per heavy atom. The normalized spacial score (nSPS) is 18.0. The minimum Gasteiger partial charge on any atom is -0.465 e. The van der Waals surface area contributed by atoms with Gasteiger partial charge in [-0.3, -0.25) is 9.69 Å². The average Bonchev–Trinajstić information content (AvgIpc) is 3.02. The molecule has 0 amide bonds. The van der Waals surface area contributed by atoms with Gasteiger partial charge in [-0.05, 0) is 6.92 Å². The molecule has 2 rings (SSSR count). The molecule has 0 radical (unpaired) electrons. The fourth-order valence-corrected chi connectivity index (χ4v) is 2.39. The fraction of sp³-hybridized carbons (Fsp3) is 0.438. The van der Waals surface area contributed by atoms with E-state index in [4.69, 9.17) is 4.74 Å². The third-order valence-corrected chi connectivity index (χ3v) is 3.25. The molecule has 0 N–H and O–H groups in total. The Hall–Kier alpha value is -1.61. The van der Waals surface area contributed by atoms with Crippen LogP contribution in [0.5, 0.6) is 0 Å². The highest BCUT2D eigenvalue weighted by molar-refractivity contribution is 5.71. The second-order valence-corrected chi connectivity index (χ2v) is 4.87. The van der Waals surface area contributed by atoms with Gasteiger partial charge in [0, 0.05) is 24.9 Å². The molecule has 3 nitrogen and oxygen atoms in total. The zero-order chi connectivity index (χ0) is 13.5. The predicted octanol–water partition coefficient (Wildman–Crippen LogP) is 2.34. The van der Waals surface area contributed by atoms with Crippen LogP contribution >= 0.6 is 0 Å². The zero-order valence-electron chi connectivity index (χ0n) is 11.4. The van der Waals surface area contributed by atoms with E-state index in [2.05, 4.69) is 53.5 Å². The maximum atomic E-state index is 11.7. The van der Waals surface area contributed by atoms with Gasteiger partial charge in [-0.1, -0.05) is 48.6 Å². The molecule has 2 aliphatic rings. The first kappa shape index (κ1) is 13.8. The third-order valence-electron chi connectivity index (χ3n) is 3.25. The third kappa shape index (κ3) is 4.52. The molecule has 0 unspecified atom stereocenters. The number of carbonyl (C=O) groups is 1. The molecule has 0 heterocycles. The van der Waals surface area contributed by atoms with E-state index >= 15 is 0 Å². The summed E-state index contributed by atoms with van der Waals surface area (Å²) < 4.78 is 5.05. The molecular weight excluding hydrogens is 238 g/mol. The van der Waals surface area contributed by atoms with E-state index < -0.39 is 0 Å². The summed E-state index contributed by atoms with van der Waals surface area (Å²) >= 11 is 0. The first-order chi connectivity index (χ1) is 9.28.